The number of carbonyl (C=O) groups excluding carboxylic acids is 1. The number of fused-ring (bicyclic) bond motifs is 1. The molecule has 8 heteroatoms. The highest BCUT2D eigenvalue weighted by Gasteiger charge is 2.11. The Kier molecular flexibility index (Phi) is 6.42. The van der Waals surface area contributed by atoms with Crippen molar-refractivity contribution in [2.45, 2.75) is 20.3 Å². The van der Waals surface area contributed by atoms with E-state index in [0.29, 0.717) is 29.1 Å². The number of nitrogens with zero attached hydrogens (tertiary/aromatic N) is 3. The van der Waals surface area contributed by atoms with E-state index in [1.165, 1.54) is 5.56 Å². The zero-order chi connectivity index (χ0) is 22.5. The van der Waals surface area contributed by atoms with Gasteiger partial charge in [0, 0.05) is 11.3 Å². The highest BCUT2D eigenvalue weighted by atomic mass is 32.1. The summed E-state index contributed by atoms with van der Waals surface area (Å²) in [7, 11) is 0. The Morgan fingerprint density at radius 1 is 1.03 bits per heavy atom. The van der Waals surface area contributed by atoms with Gasteiger partial charge in [-0.2, -0.15) is 4.80 Å². The first kappa shape index (κ1) is 21.5. The van der Waals surface area contributed by atoms with Gasteiger partial charge in [0.1, 0.15) is 16.8 Å². The third kappa shape index (κ3) is 5.09. The van der Waals surface area contributed by atoms with E-state index in [2.05, 4.69) is 20.8 Å². The number of hydrogen-bond acceptors (Lipinski definition) is 5. The van der Waals surface area contributed by atoms with Gasteiger partial charge in [-0.1, -0.05) is 30.7 Å². The van der Waals surface area contributed by atoms with E-state index in [1.54, 1.807) is 23.0 Å². The van der Waals surface area contributed by atoms with Gasteiger partial charge in [0.2, 0.25) is 0 Å². The molecule has 0 saturated heterocycles. The van der Waals surface area contributed by atoms with Gasteiger partial charge >= 0.3 is 0 Å². The maximum Gasteiger partial charge on any atom is 0.257 e. The van der Waals surface area contributed by atoms with Crippen molar-refractivity contribution in [3.05, 3.63) is 77.9 Å². The second kappa shape index (κ2) is 9.57. The molecule has 0 fully saturated rings. The number of thiocarbonyl (C=S) groups is 1. The molecule has 2 N–H and O–H groups in total. The highest BCUT2D eigenvalue weighted by molar-refractivity contribution is 7.80. The molecule has 0 bridgehead atoms. The normalized spacial score (nSPS) is 10.7. The second-order valence-electron chi connectivity index (χ2n) is 7.31. The molecule has 0 aliphatic carbocycles. The topological polar surface area (TPSA) is 81.1 Å². The highest BCUT2D eigenvalue weighted by Crippen LogP contribution is 2.18. The number of amides is 1. The molecular weight excluding hydrogens is 422 g/mol. The Labute approximate surface area is 191 Å². The first-order valence-corrected chi connectivity index (χ1v) is 10.7. The molecule has 1 aromatic heterocycles. The number of aryl methyl sites for hydroxylation is 1. The van der Waals surface area contributed by atoms with E-state index >= 15 is 0 Å². The van der Waals surface area contributed by atoms with Crippen molar-refractivity contribution in [3.63, 3.8) is 0 Å². The lowest BCUT2D eigenvalue weighted by Gasteiger charge is -2.10. The van der Waals surface area contributed by atoms with Crippen LogP contribution in [0, 0.1) is 6.92 Å². The lowest BCUT2D eigenvalue weighted by Crippen LogP contribution is -2.34. The van der Waals surface area contributed by atoms with Gasteiger partial charge in [0.05, 0.1) is 12.3 Å². The van der Waals surface area contributed by atoms with Crippen molar-refractivity contribution in [3.8, 4) is 11.4 Å². The summed E-state index contributed by atoms with van der Waals surface area (Å²) in [4.78, 5) is 14.1. The third-order valence-electron chi connectivity index (χ3n) is 4.70. The minimum atomic E-state index is -0.309. The average molecular weight is 446 g/mol. The van der Waals surface area contributed by atoms with Crippen molar-refractivity contribution in [1.29, 1.82) is 0 Å². The minimum absolute atomic E-state index is 0.195. The summed E-state index contributed by atoms with van der Waals surface area (Å²) in [6.45, 7) is 4.66. The van der Waals surface area contributed by atoms with Gasteiger partial charge in [-0.05, 0) is 74.1 Å². The fourth-order valence-electron chi connectivity index (χ4n) is 3.07. The Morgan fingerprint density at radius 3 is 2.59 bits per heavy atom. The first-order chi connectivity index (χ1) is 15.5. The van der Waals surface area contributed by atoms with Crippen LogP contribution < -0.4 is 15.4 Å². The van der Waals surface area contributed by atoms with Crippen LogP contribution in [0.2, 0.25) is 0 Å². The van der Waals surface area contributed by atoms with Crippen LogP contribution >= 0.6 is 12.2 Å². The van der Waals surface area contributed by atoms with Gasteiger partial charge in [-0.25, -0.2) is 0 Å². The molecule has 0 aliphatic heterocycles. The first-order valence-electron chi connectivity index (χ1n) is 10.3. The van der Waals surface area contributed by atoms with Gasteiger partial charge in [-0.15, -0.1) is 10.2 Å². The number of benzene rings is 3. The lowest BCUT2D eigenvalue weighted by molar-refractivity contribution is 0.0977. The summed E-state index contributed by atoms with van der Waals surface area (Å²) in [5, 5.41) is 15.0. The van der Waals surface area contributed by atoms with Crippen LogP contribution in [-0.2, 0) is 0 Å². The van der Waals surface area contributed by atoms with Gasteiger partial charge in [0.25, 0.3) is 5.91 Å². The van der Waals surface area contributed by atoms with E-state index in [9.17, 15) is 4.79 Å². The third-order valence-corrected chi connectivity index (χ3v) is 4.90. The van der Waals surface area contributed by atoms with Crippen LogP contribution in [0.25, 0.3) is 16.7 Å². The maximum absolute atomic E-state index is 12.5. The predicted octanol–water partition coefficient (Wildman–Crippen LogP) is 4.64. The standard InChI is InChI=1S/C24H23N5O2S/c1-3-13-31-20-6-4-5-17(14-20)23(30)26-24(32)25-18-9-12-21-22(15-18)28-29(27-21)19-10-7-16(2)8-11-19/h4-12,14-15H,3,13H2,1-2H3,(H2,25,26,30,32). The second-order valence-corrected chi connectivity index (χ2v) is 7.72. The number of carbonyl (C=O) groups is 1. The van der Waals surface area contributed by atoms with Gasteiger partial charge < -0.3 is 10.1 Å². The zero-order valence-electron chi connectivity index (χ0n) is 17.8. The molecule has 0 saturated carbocycles. The largest absolute Gasteiger partial charge is 0.494 e. The summed E-state index contributed by atoms with van der Waals surface area (Å²) in [6.07, 6.45) is 0.896. The molecule has 32 heavy (non-hydrogen) atoms. The Morgan fingerprint density at radius 2 is 1.81 bits per heavy atom. The van der Waals surface area contributed by atoms with Crippen LogP contribution in [0.4, 0.5) is 5.69 Å². The fraction of sp³-hybridized carbons (Fsp3) is 0.167. The molecule has 7 nitrogen and oxygen atoms in total. The number of ether oxygens (including phenoxy) is 1. The summed E-state index contributed by atoms with van der Waals surface area (Å²) >= 11 is 5.32. The summed E-state index contributed by atoms with van der Waals surface area (Å²) in [6, 6.07) is 20.5. The molecule has 0 aliphatic rings. The molecule has 4 rings (SSSR count). The Bertz CT molecular complexity index is 1270. The maximum atomic E-state index is 12.5. The van der Waals surface area contributed by atoms with E-state index in [1.807, 2.05) is 62.4 Å². The van der Waals surface area contributed by atoms with E-state index < -0.39 is 0 Å². The summed E-state index contributed by atoms with van der Waals surface area (Å²) in [5.41, 5.74) is 4.71. The molecule has 0 unspecified atom stereocenters. The summed E-state index contributed by atoms with van der Waals surface area (Å²) < 4.78 is 5.58. The Balaban J connectivity index is 1.43. The molecule has 0 radical (unpaired) electrons. The zero-order valence-corrected chi connectivity index (χ0v) is 18.6. The van der Waals surface area contributed by atoms with Crippen LogP contribution in [0.3, 0.4) is 0 Å². The quantitative estimate of drug-likeness (QED) is 0.421. The smallest absolute Gasteiger partial charge is 0.257 e. The minimum Gasteiger partial charge on any atom is -0.494 e. The summed E-state index contributed by atoms with van der Waals surface area (Å²) in [5.74, 6) is 0.344. The van der Waals surface area contributed by atoms with Crippen molar-refractivity contribution >= 4 is 40.0 Å². The number of nitrogens with one attached hydrogen (secondary N) is 2. The van der Waals surface area contributed by atoms with Crippen LogP contribution in [0.5, 0.6) is 5.75 Å². The molecule has 1 heterocycles. The lowest BCUT2D eigenvalue weighted by atomic mass is 10.2. The van der Waals surface area contributed by atoms with E-state index in [-0.39, 0.29) is 11.0 Å². The monoisotopic (exact) mass is 445 g/mol. The van der Waals surface area contributed by atoms with Crippen molar-refractivity contribution in [2.24, 2.45) is 0 Å². The molecular formula is C24H23N5O2S. The number of anilines is 1. The van der Waals surface area contributed by atoms with Crippen molar-refractivity contribution < 1.29 is 9.53 Å². The fourth-order valence-corrected chi connectivity index (χ4v) is 3.28. The molecule has 4 aromatic rings. The van der Waals surface area contributed by atoms with E-state index in [4.69, 9.17) is 17.0 Å². The van der Waals surface area contributed by atoms with E-state index in [0.717, 1.165) is 17.6 Å². The molecule has 162 valence electrons. The van der Waals surface area contributed by atoms with Gasteiger partial charge in [0.15, 0.2) is 5.11 Å². The average Bonchev–Trinajstić information content (AvgIpc) is 3.21. The predicted molar refractivity (Wildman–Crippen MR) is 130 cm³/mol. The number of rotatable bonds is 6. The number of aromatic nitrogens is 3. The Hall–Kier alpha value is -3.78. The van der Waals surface area contributed by atoms with Crippen LogP contribution in [0.15, 0.2) is 66.7 Å². The van der Waals surface area contributed by atoms with Gasteiger partial charge in [-0.3, -0.25) is 10.1 Å². The molecule has 0 atom stereocenters. The molecule has 1 amide bonds. The van der Waals surface area contributed by atoms with Crippen LogP contribution in [-0.4, -0.2) is 32.6 Å². The molecule has 3 aromatic carbocycles. The molecule has 0 spiro atoms. The SMILES string of the molecule is CCCOc1cccc(C(=O)NC(=S)Nc2ccc3nn(-c4ccc(C)cc4)nc3c2)c1. The van der Waals surface area contributed by atoms with Crippen molar-refractivity contribution in [2.75, 3.05) is 11.9 Å². The van der Waals surface area contributed by atoms with Crippen molar-refractivity contribution in [1.82, 2.24) is 20.3 Å². The number of hydrogen-bond donors (Lipinski definition) is 2. The van der Waals surface area contributed by atoms with Crippen LogP contribution in [0.1, 0.15) is 29.3 Å².